The molecule has 0 aliphatic heterocycles. The maximum absolute atomic E-state index is 11.6. The van der Waals surface area contributed by atoms with E-state index in [0.717, 1.165) is 19.1 Å². The molecule has 0 aromatic carbocycles. The number of carbonyl (C=O) groups is 2. The molecule has 0 aliphatic carbocycles. The van der Waals surface area contributed by atoms with Gasteiger partial charge in [-0.1, -0.05) is 19.6 Å². The molecule has 0 saturated carbocycles. The van der Waals surface area contributed by atoms with E-state index in [9.17, 15) is 9.59 Å². The Morgan fingerprint density at radius 3 is 2.18 bits per heavy atom. The van der Waals surface area contributed by atoms with Gasteiger partial charge >= 0.3 is 5.97 Å². The summed E-state index contributed by atoms with van der Waals surface area (Å²) in [5.74, 6) is -0.0142. The molecule has 22 heavy (non-hydrogen) atoms. The van der Waals surface area contributed by atoms with Crippen molar-refractivity contribution in [2.75, 3.05) is 26.6 Å². The van der Waals surface area contributed by atoms with E-state index in [0.29, 0.717) is 38.9 Å². The van der Waals surface area contributed by atoms with E-state index in [4.69, 9.17) is 14.2 Å². The maximum atomic E-state index is 11.6. The van der Waals surface area contributed by atoms with Gasteiger partial charge in [0.15, 0.2) is 0 Å². The largest absolute Gasteiger partial charge is 0.466 e. The number of hydrogen-bond acceptors (Lipinski definition) is 5. The molecule has 0 spiro atoms. The Morgan fingerprint density at radius 2 is 1.55 bits per heavy atom. The summed E-state index contributed by atoms with van der Waals surface area (Å²) in [6.07, 6.45) is 2.73. The first kappa shape index (κ1) is 21.3. The highest BCUT2D eigenvalue weighted by atomic mass is 28.3. The van der Waals surface area contributed by atoms with E-state index in [2.05, 4.69) is 19.6 Å². The molecule has 0 unspecified atom stereocenters. The molecule has 0 aromatic heterocycles. The topological polar surface area (TPSA) is 61.8 Å². The van der Waals surface area contributed by atoms with E-state index in [1.165, 1.54) is 0 Å². The van der Waals surface area contributed by atoms with Crippen LogP contribution in [0.3, 0.4) is 0 Å². The lowest BCUT2D eigenvalue weighted by Crippen LogP contribution is -2.22. The number of esters is 1. The molecule has 5 nitrogen and oxygen atoms in total. The van der Waals surface area contributed by atoms with Gasteiger partial charge in [-0.3, -0.25) is 9.59 Å². The van der Waals surface area contributed by atoms with E-state index in [1.807, 2.05) is 0 Å². The van der Waals surface area contributed by atoms with E-state index < -0.39 is 8.07 Å². The van der Waals surface area contributed by atoms with Gasteiger partial charge in [-0.15, -0.1) is 0 Å². The minimum Gasteiger partial charge on any atom is -0.466 e. The Bertz CT molecular complexity index is 312. The number of carbonyl (C=O) groups excluding carboxylic acids is 2. The maximum Gasteiger partial charge on any atom is 0.305 e. The minimum absolute atomic E-state index is 0.172. The van der Waals surface area contributed by atoms with Crippen molar-refractivity contribution in [3.05, 3.63) is 0 Å². The van der Waals surface area contributed by atoms with Crippen LogP contribution in [0, 0.1) is 0 Å². The van der Waals surface area contributed by atoms with Crippen LogP contribution in [0.25, 0.3) is 0 Å². The fourth-order valence-electron chi connectivity index (χ4n) is 1.69. The third-order valence-corrected chi connectivity index (χ3v) is 4.78. The second kappa shape index (κ2) is 12.8. The van der Waals surface area contributed by atoms with Crippen LogP contribution in [0.1, 0.15) is 39.0 Å². The van der Waals surface area contributed by atoms with Crippen LogP contribution in [0.15, 0.2) is 0 Å². The summed E-state index contributed by atoms with van der Waals surface area (Å²) in [6.45, 7) is 10.5. The second-order valence-electron chi connectivity index (χ2n) is 6.55. The SMILES string of the molecule is CCOC(=O)CCCCC(=O)CCOCOCC[Si](C)(C)C. The van der Waals surface area contributed by atoms with Gasteiger partial charge in [-0.05, 0) is 25.8 Å². The molecule has 130 valence electrons. The first-order chi connectivity index (χ1) is 10.3. The average molecular weight is 333 g/mol. The lowest BCUT2D eigenvalue weighted by atomic mass is 10.1. The average Bonchev–Trinajstić information content (AvgIpc) is 2.41. The summed E-state index contributed by atoms with van der Waals surface area (Å²) in [6, 6.07) is 1.12. The molecule has 0 aromatic rings. The molecule has 0 radical (unpaired) electrons. The van der Waals surface area contributed by atoms with Crippen molar-refractivity contribution in [3.8, 4) is 0 Å². The van der Waals surface area contributed by atoms with Crippen LogP contribution in [-0.2, 0) is 23.8 Å². The van der Waals surface area contributed by atoms with Crippen molar-refractivity contribution in [2.45, 2.75) is 64.7 Å². The number of rotatable bonds is 14. The Balaban J connectivity index is 3.34. The zero-order valence-electron chi connectivity index (χ0n) is 14.6. The van der Waals surface area contributed by atoms with Crippen molar-refractivity contribution in [1.29, 1.82) is 0 Å². The van der Waals surface area contributed by atoms with Crippen LogP contribution in [0.2, 0.25) is 25.7 Å². The standard InChI is InChI=1S/C16H32O5Si/c1-5-21-16(18)9-7-6-8-15(17)10-11-19-14-20-12-13-22(2,3)4/h5-14H2,1-4H3. The van der Waals surface area contributed by atoms with Crippen LogP contribution >= 0.6 is 0 Å². The molecule has 6 heteroatoms. The molecule has 0 aliphatic rings. The smallest absolute Gasteiger partial charge is 0.305 e. The van der Waals surface area contributed by atoms with Crippen molar-refractivity contribution >= 4 is 19.8 Å². The molecule has 0 fully saturated rings. The molecule has 0 bridgehead atoms. The Kier molecular flexibility index (Phi) is 12.4. The predicted octanol–water partition coefficient (Wildman–Crippen LogP) is 3.40. The van der Waals surface area contributed by atoms with Gasteiger partial charge in [0.2, 0.25) is 0 Å². The van der Waals surface area contributed by atoms with Crippen molar-refractivity contribution in [1.82, 2.24) is 0 Å². The Morgan fingerprint density at radius 1 is 0.909 bits per heavy atom. The molecule has 0 atom stereocenters. The molecule has 0 N–H and O–H groups in total. The summed E-state index contributed by atoms with van der Waals surface area (Å²) >= 11 is 0. The van der Waals surface area contributed by atoms with Gasteiger partial charge in [0.05, 0.1) is 13.2 Å². The third kappa shape index (κ3) is 15.7. The summed E-state index contributed by atoms with van der Waals surface area (Å²) < 4.78 is 15.5. The zero-order valence-corrected chi connectivity index (χ0v) is 15.6. The van der Waals surface area contributed by atoms with Crippen LogP contribution in [0.4, 0.5) is 0 Å². The van der Waals surface area contributed by atoms with Gasteiger partial charge in [-0.25, -0.2) is 0 Å². The van der Waals surface area contributed by atoms with E-state index in [-0.39, 0.29) is 18.5 Å². The van der Waals surface area contributed by atoms with Crippen LogP contribution < -0.4 is 0 Å². The molecule has 0 rings (SSSR count). The Hall–Kier alpha value is -0.723. The highest BCUT2D eigenvalue weighted by molar-refractivity contribution is 6.76. The number of hydrogen-bond donors (Lipinski definition) is 0. The third-order valence-electron chi connectivity index (χ3n) is 3.08. The number of Topliss-reactive ketones (excluding diaryl/α,β-unsaturated/α-hetero) is 1. The summed E-state index contributed by atoms with van der Waals surface area (Å²) in [4.78, 5) is 22.7. The highest BCUT2D eigenvalue weighted by Gasteiger charge is 2.11. The minimum atomic E-state index is -1.04. The highest BCUT2D eigenvalue weighted by Crippen LogP contribution is 2.07. The number of unbranched alkanes of at least 4 members (excludes halogenated alkanes) is 1. The lowest BCUT2D eigenvalue weighted by Gasteiger charge is -2.15. The van der Waals surface area contributed by atoms with Crippen molar-refractivity contribution in [3.63, 3.8) is 0 Å². The number of ether oxygens (including phenoxy) is 3. The molecule has 0 saturated heterocycles. The van der Waals surface area contributed by atoms with Gasteiger partial charge in [0.1, 0.15) is 12.6 Å². The van der Waals surface area contributed by atoms with Crippen LogP contribution in [0.5, 0.6) is 0 Å². The zero-order chi connectivity index (χ0) is 16.8. The van der Waals surface area contributed by atoms with E-state index >= 15 is 0 Å². The summed E-state index contributed by atoms with van der Waals surface area (Å²) in [5, 5.41) is 0. The van der Waals surface area contributed by atoms with Crippen molar-refractivity contribution in [2.24, 2.45) is 0 Å². The van der Waals surface area contributed by atoms with Gasteiger partial charge in [-0.2, -0.15) is 0 Å². The molecular formula is C16H32O5Si. The molecule has 0 heterocycles. The van der Waals surface area contributed by atoms with Crippen molar-refractivity contribution < 1.29 is 23.8 Å². The van der Waals surface area contributed by atoms with E-state index in [1.54, 1.807) is 6.92 Å². The van der Waals surface area contributed by atoms with Gasteiger partial charge in [0.25, 0.3) is 0 Å². The molecular weight excluding hydrogens is 300 g/mol. The number of ketones is 1. The fraction of sp³-hybridized carbons (Fsp3) is 0.875. The Labute approximate surface area is 135 Å². The summed E-state index contributed by atoms with van der Waals surface area (Å²) in [7, 11) is -1.04. The predicted molar refractivity (Wildman–Crippen MR) is 89.6 cm³/mol. The fourth-order valence-corrected chi connectivity index (χ4v) is 2.45. The first-order valence-electron chi connectivity index (χ1n) is 8.18. The summed E-state index contributed by atoms with van der Waals surface area (Å²) in [5.41, 5.74) is 0. The second-order valence-corrected chi connectivity index (χ2v) is 12.2. The van der Waals surface area contributed by atoms with Crippen LogP contribution in [-0.4, -0.2) is 46.4 Å². The first-order valence-corrected chi connectivity index (χ1v) is 11.9. The quantitative estimate of drug-likeness (QED) is 0.211. The normalized spacial score (nSPS) is 11.5. The van der Waals surface area contributed by atoms with Gasteiger partial charge in [0, 0.05) is 33.9 Å². The van der Waals surface area contributed by atoms with Gasteiger partial charge < -0.3 is 14.2 Å². The lowest BCUT2D eigenvalue weighted by molar-refractivity contribution is -0.143. The monoisotopic (exact) mass is 332 g/mol. The molecule has 0 amide bonds.